The number of nitrogens with one attached hydrogen (secondary N) is 1. The van der Waals surface area contributed by atoms with Gasteiger partial charge in [0.15, 0.2) is 17.3 Å². The first-order valence-corrected chi connectivity index (χ1v) is 11.5. The molecule has 3 aromatic rings. The van der Waals surface area contributed by atoms with Gasteiger partial charge in [-0.15, -0.1) is 10.2 Å². The molecule has 0 radical (unpaired) electrons. The standard InChI is InChI=1S/C25H28ClN5O4/c1-16-5-6-18(15-19(16)26)27-25(32)31-11-9-30(10-12-31)23-8-7-20(28-29-23)17-13-21(33-2)24(35-4)22(14-17)34-3/h5-8,13-15H,9-12H2,1-4H3,(H,27,32). The molecule has 1 aliphatic heterocycles. The second-order valence-corrected chi connectivity index (χ2v) is 8.47. The first-order valence-electron chi connectivity index (χ1n) is 11.1. The maximum atomic E-state index is 12.7. The van der Waals surface area contributed by atoms with Gasteiger partial charge in [-0.25, -0.2) is 4.79 Å². The summed E-state index contributed by atoms with van der Waals surface area (Å²) >= 11 is 6.16. The number of benzene rings is 2. The van der Waals surface area contributed by atoms with Crippen LogP contribution in [-0.4, -0.2) is 68.6 Å². The van der Waals surface area contributed by atoms with E-state index in [1.807, 2.05) is 43.3 Å². The topological polar surface area (TPSA) is 89.1 Å². The van der Waals surface area contributed by atoms with E-state index in [1.54, 1.807) is 32.3 Å². The van der Waals surface area contributed by atoms with Crippen LogP contribution in [0.4, 0.5) is 16.3 Å². The number of anilines is 2. The third kappa shape index (κ3) is 5.35. The minimum absolute atomic E-state index is 0.145. The molecule has 1 N–H and O–H groups in total. The van der Waals surface area contributed by atoms with E-state index in [1.165, 1.54) is 0 Å². The van der Waals surface area contributed by atoms with Gasteiger partial charge in [-0.1, -0.05) is 17.7 Å². The highest BCUT2D eigenvalue weighted by molar-refractivity contribution is 6.31. The van der Waals surface area contributed by atoms with Crippen molar-refractivity contribution in [1.29, 1.82) is 0 Å². The number of carbonyl (C=O) groups excluding carboxylic acids is 1. The molecule has 10 heteroatoms. The van der Waals surface area contributed by atoms with E-state index >= 15 is 0 Å². The molecule has 9 nitrogen and oxygen atoms in total. The Kier molecular flexibility index (Phi) is 7.45. The summed E-state index contributed by atoms with van der Waals surface area (Å²) in [6.07, 6.45) is 0. The van der Waals surface area contributed by atoms with Crippen LogP contribution in [0.25, 0.3) is 11.3 Å². The predicted molar refractivity (Wildman–Crippen MR) is 136 cm³/mol. The fourth-order valence-corrected chi connectivity index (χ4v) is 4.07. The first kappa shape index (κ1) is 24.4. The number of amides is 2. The molecule has 1 fully saturated rings. The summed E-state index contributed by atoms with van der Waals surface area (Å²) in [5, 5.41) is 12.4. The number of methoxy groups -OCH3 is 3. The second-order valence-electron chi connectivity index (χ2n) is 8.06. The molecule has 1 aromatic heterocycles. The van der Waals surface area contributed by atoms with E-state index in [0.29, 0.717) is 59.8 Å². The van der Waals surface area contributed by atoms with E-state index in [0.717, 1.165) is 16.9 Å². The van der Waals surface area contributed by atoms with E-state index in [2.05, 4.69) is 20.4 Å². The van der Waals surface area contributed by atoms with Gasteiger partial charge in [0.1, 0.15) is 0 Å². The average Bonchev–Trinajstić information content (AvgIpc) is 2.90. The third-order valence-corrected chi connectivity index (χ3v) is 6.33. The quantitative estimate of drug-likeness (QED) is 0.537. The smallest absolute Gasteiger partial charge is 0.321 e. The molecule has 184 valence electrons. The predicted octanol–water partition coefficient (Wildman–Crippen LogP) is 4.49. The highest BCUT2D eigenvalue weighted by atomic mass is 35.5. The molecular formula is C25H28ClN5O4. The molecule has 2 amide bonds. The zero-order valence-corrected chi connectivity index (χ0v) is 20.9. The zero-order chi connectivity index (χ0) is 24.9. The first-order chi connectivity index (χ1) is 16.9. The van der Waals surface area contributed by atoms with Gasteiger partial charge >= 0.3 is 6.03 Å². The number of aromatic nitrogens is 2. The Balaban J connectivity index is 1.39. The van der Waals surface area contributed by atoms with Crippen molar-refractivity contribution in [1.82, 2.24) is 15.1 Å². The normalized spacial score (nSPS) is 13.4. The Labute approximate surface area is 209 Å². The molecule has 1 saturated heterocycles. The van der Waals surface area contributed by atoms with Crippen LogP contribution in [0.1, 0.15) is 5.56 Å². The summed E-state index contributed by atoms with van der Waals surface area (Å²) in [6.45, 7) is 4.37. The number of ether oxygens (including phenoxy) is 3. The molecule has 2 heterocycles. The second kappa shape index (κ2) is 10.7. The van der Waals surface area contributed by atoms with Crippen molar-refractivity contribution < 1.29 is 19.0 Å². The van der Waals surface area contributed by atoms with Crippen LogP contribution >= 0.6 is 11.6 Å². The van der Waals surface area contributed by atoms with Crippen molar-refractivity contribution in [3.05, 3.63) is 53.1 Å². The van der Waals surface area contributed by atoms with E-state index < -0.39 is 0 Å². The van der Waals surface area contributed by atoms with Crippen LogP contribution in [0.2, 0.25) is 5.02 Å². The van der Waals surface area contributed by atoms with Crippen LogP contribution in [0.3, 0.4) is 0 Å². The minimum Gasteiger partial charge on any atom is -0.493 e. The summed E-state index contributed by atoms with van der Waals surface area (Å²) in [4.78, 5) is 16.5. The van der Waals surface area contributed by atoms with Crippen LogP contribution in [0, 0.1) is 6.92 Å². The van der Waals surface area contributed by atoms with Gasteiger partial charge in [-0.05, 0) is 48.9 Å². The number of rotatable bonds is 6. The lowest BCUT2D eigenvalue weighted by Gasteiger charge is -2.35. The van der Waals surface area contributed by atoms with E-state index in [9.17, 15) is 4.79 Å². The molecule has 0 saturated carbocycles. The lowest BCUT2D eigenvalue weighted by molar-refractivity contribution is 0.208. The van der Waals surface area contributed by atoms with Crippen molar-refractivity contribution in [3.63, 3.8) is 0 Å². The summed E-state index contributed by atoms with van der Waals surface area (Å²) in [6, 6.07) is 12.9. The molecule has 0 aliphatic carbocycles. The lowest BCUT2D eigenvalue weighted by atomic mass is 10.1. The largest absolute Gasteiger partial charge is 0.493 e. The number of nitrogens with zero attached hydrogens (tertiary/aromatic N) is 4. The summed E-state index contributed by atoms with van der Waals surface area (Å²) in [5.74, 6) is 2.38. The van der Waals surface area contributed by atoms with Crippen LogP contribution in [0.5, 0.6) is 17.2 Å². The monoisotopic (exact) mass is 497 g/mol. The van der Waals surface area contributed by atoms with Gasteiger partial charge < -0.3 is 29.3 Å². The molecule has 35 heavy (non-hydrogen) atoms. The number of piperazine rings is 1. The summed E-state index contributed by atoms with van der Waals surface area (Å²) < 4.78 is 16.2. The van der Waals surface area contributed by atoms with Crippen LogP contribution in [-0.2, 0) is 0 Å². The van der Waals surface area contributed by atoms with Crippen molar-refractivity contribution in [2.75, 3.05) is 57.7 Å². The lowest BCUT2D eigenvalue weighted by Crippen LogP contribution is -2.50. The number of halogens is 1. The summed E-state index contributed by atoms with van der Waals surface area (Å²) in [5.41, 5.74) is 3.14. The number of carbonyl (C=O) groups is 1. The van der Waals surface area contributed by atoms with Crippen molar-refractivity contribution in [2.45, 2.75) is 6.92 Å². The Morgan fingerprint density at radius 1 is 0.914 bits per heavy atom. The molecule has 0 spiro atoms. The van der Waals surface area contributed by atoms with Crippen molar-refractivity contribution in [3.8, 4) is 28.5 Å². The van der Waals surface area contributed by atoms with Gasteiger partial charge in [0.2, 0.25) is 5.75 Å². The van der Waals surface area contributed by atoms with E-state index in [-0.39, 0.29) is 6.03 Å². The molecule has 0 unspecified atom stereocenters. The third-order valence-electron chi connectivity index (χ3n) is 5.92. The van der Waals surface area contributed by atoms with Gasteiger partial charge in [-0.2, -0.15) is 0 Å². The SMILES string of the molecule is COc1cc(-c2ccc(N3CCN(C(=O)Nc4ccc(C)c(Cl)c4)CC3)nn2)cc(OC)c1OC. The highest BCUT2D eigenvalue weighted by Gasteiger charge is 2.23. The van der Waals surface area contributed by atoms with Crippen molar-refractivity contribution >= 4 is 29.1 Å². The van der Waals surface area contributed by atoms with Gasteiger partial charge in [0, 0.05) is 42.5 Å². The average molecular weight is 498 g/mol. The number of urea groups is 1. The maximum absolute atomic E-state index is 12.7. The molecule has 1 aliphatic rings. The molecule has 4 rings (SSSR count). The molecule has 0 atom stereocenters. The molecule has 0 bridgehead atoms. The Bertz CT molecular complexity index is 1170. The molecule has 2 aromatic carbocycles. The Morgan fingerprint density at radius 3 is 2.14 bits per heavy atom. The number of hydrogen-bond donors (Lipinski definition) is 1. The van der Waals surface area contributed by atoms with E-state index in [4.69, 9.17) is 25.8 Å². The number of hydrogen-bond acceptors (Lipinski definition) is 7. The number of aryl methyl sites for hydroxylation is 1. The maximum Gasteiger partial charge on any atom is 0.321 e. The fourth-order valence-electron chi connectivity index (χ4n) is 3.89. The van der Waals surface area contributed by atoms with Gasteiger partial charge in [0.25, 0.3) is 0 Å². The Morgan fingerprint density at radius 2 is 1.60 bits per heavy atom. The fraction of sp³-hybridized carbons (Fsp3) is 0.320. The van der Waals surface area contributed by atoms with Gasteiger partial charge in [-0.3, -0.25) is 0 Å². The van der Waals surface area contributed by atoms with Crippen LogP contribution < -0.4 is 24.4 Å². The molecular weight excluding hydrogens is 470 g/mol. The van der Waals surface area contributed by atoms with Gasteiger partial charge in [0.05, 0.1) is 27.0 Å². The Hall–Kier alpha value is -3.72. The highest BCUT2D eigenvalue weighted by Crippen LogP contribution is 2.40. The minimum atomic E-state index is -0.145. The summed E-state index contributed by atoms with van der Waals surface area (Å²) in [7, 11) is 4.72. The van der Waals surface area contributed by atoms with Crippen LogP contribution in [0.15, 0.2) is 42.5 Å². The zero-order valence-electron chi connectivity index (χ0n) is 20.2. The van der Waals surface area contributed by atoms with Crippen molar-refractivity contribution in [2.24, 2.45) is 0 Å².